The van der Waals surface area contributed by atoms with E-state index in [0.29, 0.717) is 23.7 Å². The Bertz CT molecular complexity index is 880. The molecule has 0 radical (unpaired) electrons. The zero-order valence-electron chi connectivity index (χ0n) is 18.0. The smallest absolute Gasteiger partial charge is 0.338 e. The highest BCUT2D eigenvalue weighted by Crippen LogP contribution is 2.25. The normalized spacial score (nSPS) is 10.3. The molecule has 0 atom stereocenters. The number of benzene rings is 2. The highest BCUT2D eigenvalue weighted by atomic mass is 16.5. The number of carbonyl (C=O) groups excluding carboxylic acids is 3. The number of amides is 2. The van der Waals surface area contributed by atoms with Gasteiger partial charge in [0.25, 0.3) is 11.8 Å². The molecule has 0 fully saturated rings. The van der Waals surface area contributed by atoms with Crippen LogP contribution in [0.5, 0.6) is 11.5 Å². The largest absolute Gasteiger partial charge is 0.484 e. The van der Waals surface area contributed by atoms with Crippen LogP contribution in [0.3, 0.4) is 0 Å². The Balaban J connectivity index is 1.71. The summed E-state index contributed by atoms with van der Waals surface area (Å²) in [7, 11) is 0. The predicted octanol–water partition coefficient (Wildman–Crippen LogP) is 2.98. The third kappa shape index (κ3) is 8.00. The maximum Gasteiger partial charge on any atom is 0.338 e. The van der Waals surface area contributed by atoms with Gasteiger partial charge >= 0.3 is 5.97 Å². The van der Waals surface area contributed by atoms with Crippen LogP contribution in [0, 0.1) is 0 Å². The van der Waals surface area contributed by atoms with Crippen LogP contribution in [-0.2, 0) is 14.3 Å². The number of esters is 1. The van der Waals surface area contributed by atoms with Crippen LogP contribution in [0.15, 0.2) is 48.5 Å². The maximum absolute atomic E-state index is 11.9. The molecule has 2 aromatic rings. The first kappa shape index (κ1) is 23.7. The number of carbonyl (C=O) groups is 3. The first-order valence-corrected chi connectivity index (χ1v) is 10.1. The molecule has 0 heterocycles. The van der Waals surface area contributed by atoms with Crippen molar-refractivity contribution in [1.29, 1.82) is 0 Å². The van der Waals surface area contributed by atoms with Gasteiger partial charge in [-0.05, 0) is 48.2 Å². The van der Waals surface area contributed by atoms with E-state index in [1.807, 2.05) is 39.0 Å². The Morgan fingerprint density at radius 2 is 1.48 bits per heavy atom. The zero-order valence-corrected chi connectivity index (χ0v) is 18.0. The number of ether oxygens (including phenoxy) is 3. The molecule has 0 aromatic heterocycles. The molecule has 31 heavy (non-hydrogen) atoms. The Kier molecular flexibility index (Phi) is 9.35. The fourth-order valence-corrected chi connectivity index (χ4v) is 2.56. The molecular formula is C23H28N2O6. The number of hydrogen-bond acceptors (Lipinski definition) is 6. The third-order valence-electron chi connectivity index (χ3n) is 4.14. The summed E-state index contributed by atoms with van der Waals surface area (Å²) in [6.45, 7) is 5.80. The van der Waals surface area contributed by atoms with Gasteiger partial charge in [0.1, 0.15) is 11.5 Å². The van der Waals surface area contributed by atoms with E-state index in [1.54, 1.807) is 30.3 Å². The summed E-state index contributed by atoms with van der Waals surface area (Å²) in [6.07, 6.45) is 0.746. The van der Waals surface area contributed by atoms with Crippen LogP contribution < -0.4 is 20.3 Å². The summed E-state index contributed by atoms with van der Waals surface area (Å²) in [5, 5.41) is 0. The van der Waals surface area contributed by atoms with Gasteiger partial charge in [-0.2, -0.15) is 0 Å². The summed E-state index contributed by atoms with van der Waals surface area (Å²) >= 11 is 0. The number of rotatable bonds is 10. The second-order valence-electron chi connectivity index (χ2n) is 7.03. The number of hydrazine groups is 1. The van der Waals surface area contributed by atoms with Crippen LogP contribution in [0.25, 0.3) is 0 Å². The van der Waals surface area contributed by atoms with Crippen LogP contribution in [-0.4, -0.2) is 37.6 Å². The monoisotopic (exact) mass is 428 g/mol. The lowest BCUT2D eigenvalue weighted by atomic mass is 10.0. The molecule has 2 rings (SSSR count). The number of para-hydroxylation sites is 1. The van der Waals surface area contributed by atoms with E-state index < -0.39 is 17.8 Å². The minimum absolute atomic E-state index is 0.236. The lowest BCUT2D eigenvalue weighted by molar-refractivity contribution is -0.131. The fraction of sp³-hybridized carbons (Fsp3) is 0.348. The third-order valence-corrected chi connectivity index (χ3v) is 4.14. The molecule has 0 saturated heterocycles. The van der Waals surface area contributed by atoms with E-state index in [2.05, 4.69) is 10.9 Å². The summed E-state index contributed by atoms with van der Waals surface area (Å²) in [4.78, 5) is 35.5. The second kappa shape index (κ2) is 12.2. The van der Waals surface area contributed by atoms with E-state index in [0.717, 1.165) is 12.0 Å². The quantitative estimate of drug-likeness (QED) is 0.446. The molecule has 2 N–H and O–H groups in total. The molecule has 2 amide bonds. The molecule has 0 unspecified atom stereocenters. The summed E-state index contributed by atoms with van der Waals surface area (Å²) in [6, 6.07) is 13.7. The first-order valence-electron chi connectivity index (χ1n) is 10.1. The van der Waals surface area contributed by atoms with Crippen molar-refractivity contribution in [3.63, 3.8) is 0 Å². The van der Waals surface area contributed by atoms with Crippen LogP contribution in [0.4, 0.5) is 0 Å². The lowest BCUT2D eigenvalue weighted by Crippen LogP contribution is -2.45. The van der Waals surface area contributed by atoms with Crippen molar-refractivity contribution in [2.45, 2.75) is 33.1 Å². The van der Waals surface area contributed by atoms with Crippen LogP contribution >= 0.6 is 0 Å². The molecule has 8 heteroatoms. The lowest BCUT2D eigenvalue weighted by Gasteiger charge is -2.14. The molecule has 2 aromatic carbocycles. The average Bonchev–Trinajstić information content (AvgIpc) is 2.78. The zero-order chi connectivity index (χ0) is 22.6. The van der Waals surface area contributed by atoms with Gasteiger partial charge < -0.3 is 14.2 Å². The van der Waals surface area contributed by atoms with Gasteiger partial charge in [-0.15, -0.1) is 0 Å². The van der Waals surface area contributed by atoms with Crippen molar-refractivity contribution in [2.24, 2.45) is 0 Å². The second-order valence-corrected chi connectivity index (χ2v) is 7.03. The topological polar surface area (TPSA) is 103 Å². The molecular weight excluding hydrogens is 400 g/mol. The Labute approximate surface area is 181 Å². The summed E-state index contributed by atoms with van der Waals surface area (Å²) in [5.74, 6) is -0.157. The van der Waals surface area contributed by atoms with Gasteiger partial charge in [-0.25, -0.2) is 4.79 Å². The highest BCUT2D eigenvalue weighted by molar-refractivity contribution is 5.89. The average molecular weight is 428 g/mol. The van der Waals surface area contributed by atoms with Crippen molar-refractivity contribution >= 4 is 17.8 Å². The van der Waals surface area contributed by atoms with E-state index in [-0.39, 0.29) is 19.1 Å². The van der Waals surface area contributed by atoms with E-state index >= 15 is 0 Å². The SMILES string of the molecule is CCCOC(=O)c1ccc(OCC(=O)NNC(=O)COc2ccccc2C(C)C)cc1. The standard InChI is InChI=1S/C23H28N2O6/c1-4-13-29-23(28)17-9-11-18(12-10-17)30-14-21(26)24-25-22(27)15-31-20-8-6-5-7-19(20)16(2)3/h5-12,16H,4,13-15H2,1-3H3,(H,24,26)(H,25,27). The van der Waals surface area contributed by atoms with Crippen molar-refractivity contribution < 1.29 is 28.6 Å². The van der Waals surface area contributed by atoms with Gasteiger partial charge in [-0.1, -0.05) is 39.0 Å². The number of hydrogen-bond donors (Lipinski definition) is 2. The number of nitrogens with one attached hydrogen (secondary N) is 2. The summed E-state index contributed by atoms with van der Waals surface area (Å²) < 4.78 is 15.9. The van der Waals surface area contributed by atoms with Gasteiger partial charge in [-0.3, -0.25) is 20.4 Å². The molecule has 0 aliphatic carbocycles. The molecule has 0 spiro atoms. The predicted molar refractivity (Wildman–Crippen MR) is 115 cm³/mol. The molecule has 0 saturated carbocycles. The molecule has 0 aliphatic rings. The van der Waals surface area contributed by atoms with Gasteiger partial charge in [0, 0.05) is 0 Å². The highest BCUT2D eigenvalue weighted by Gasteiger charge is 2.11. The molecule has 166 valence electrons. The van der Waals surface area contributed by atoms with Crippen molar-refractivity contribution in [2.75, 3.05) is 19.8 Å². The molecule has 0 bridgehead atoms. The van der Waals surface area contributed by atoms with Crippen molar-refractivity contribution in [3.05, 3.63) is 59.7 Å². The van der Waals surface area contributed by atoms with Gasteiger partial charge in [0.15, 0.2) is 13.2 Å². The summed E-state index contributed by atoms with van der Waals surface area (Å²) in [5.41, 5.74) is 5.94. The van der Waals surface area contributed by atoms with Crippen molar-refractivity contribution in [3.8, 4) is 11.5 Å². The van der Waals surface area contributed by atoms with E-state index in [9.17, 15) is 14.4 Å². The molecule has 0 aliphatic heterocycles. The van der Waals surface area contributed by atoms with Crippen molar-refractivity contribution in [1.82, 2.24) is 10.9 Å². The first-order chi connectivity index (χ1) is 14.9. The molecule has 8 nitrogen and oxygen atoms in total. The van der Waals surface area contributed by atoms with Gasteiger partial charge in [0.05, 0.1) is 12.2 Å². The minimum atomic E-state index is -0.539. The fourth-order valence-electron chi connectivity index (χ4n) is 2.56. The maximum atomic E-state index is 11.9. The van der Waals surface area contributed by atoms with Crippen LogP contribution in [0.2, 0.25) is 0 Å². The van der Waals surface area contributed by atoms with Gasteiger partial charge in [0.2, 0.25) is 0 Å². The van der Waals surface area contributed by atoms with E-state index in [4.69, 9.17) is 14.2 Å². The Morgan fingerprint density at radius 3 is 2.10 bits per heavy atom. The Morgan fingerprint density at radius 1 is 0.871 bits per heavy atom. The minimum Gasteiger partial charge on any atom is -0.484 e. The Hall–Kier alpha value is -3.55. The van der Waals surface area contributed by atoms with E-state index in [1.165, 1.54) is 0 Å². The van der Waals surface area contributed by atoms with Crippen LogP contribution in [0.1, 0.15) is 49.0 Å².